The van der Waals surface area contributed by atoms with Gasteiger partial charge in [-0.2, -0.15) is 0 Å². The van der Waals surface area contributed by atoms with Crippen molar-refractivity contribution in [3.8, 4) is 28.3 Å². The van der Waals surface area contributed by atoms with Gasteiger partial charge in [0.15, 0.2) is 5.82 Å². The van der Waals surface area contributed by atoms with Crippen molar-refractivity contribution >= 4 is 60.0 Å². The molecule has 0 aliphatic carbocycles. The lowest BCUT2D eigenvalue weighted by molar-refractivity contribution is 1.16. The van der Waals surface area contributed by atoms with E-state index < -0.39 is 0 Å². The fourth-order valence-corrected chi connectivity index (χ4v) is 7.28. The van der Waals surface area contributed by atoms with Crippen molar-refractivity contribution in [2.75, 3.05) is 0 Å². The molecule has 0 bridgehead atoms. The van der Waals surface area contributed by atoms with Crippen molar-refractivity contribution in [3.05, 3.63) is 158 Å². The molecule has 0 radical (unpaired) electrons. The first-order valence-electron chi connectivity index (χ1n) is 15.6. The molecule has 0 fully saturated rings. The molecule has 7 aromatic carbocycles. The summed E-state index contributed by atoms with van der Waals surface area (Å²) < 4.78 is 4.86. The highest BCUT2D eigenvalue weighted by Gasteiger charge is 2.19. The summed E-state index contributed by atoms with van der Waals surface area (Å²) >= 11 is 0. The SMILES string of the molecule is c1ccc(-c2nc(-c3ccccc3)c3ccc(-n4c5cccc6ccc7c8ccccc8n(c8ccccc84)c7c65)cc3n2)cc1. The Kier molecular flexibility index (Phi) is 5.25. The number of fused-ring (bicyclic) bond motifs is 6. The first-order chi connectivity index (χ1) is 22.8. The van der Waals surface area contributed by atoms with Crippen LogP contribution < -0.4 is 0 Å². The van der Waals surface area contributed by atoms with Crippen LogP contribution in [0, 0.1) is 0 Å². The fourth-order valence-electron chi connectivity index (χ4n) is 7.28. The lowest BCUT2D eigenvalue weighted by atomic mass is 10.0. The second-order valence-electron chi connectivity index (χ2n) is 11.8. The van der Waals surface area contributed by atoms with Gasteiger partial charge in [0, 0.05) is 38.4 Å². The van der Waals surface area contributed by atoms with Crippen molar-refractivity contribution in [1.29, 1.82) is 0 Å². The average molecular weight is 587 g/mol. The zero-order valence-electron chi connectivity index (χ0n) is 24.8. The number of hydrogen-bond acceptors (Lipinski definition) is 2. The third kappa shape index (κ3) is 3.55. The number of benzene rings is 7. The highest BCUT2D eigenvalue weighted by molar-refractivity contribution is 6.23. The molecule has 4 nitrogen and oxygen atoms in total. The molecule has 0 spiro atoms. The molecule has 0 amide bonds. The average Bonchev–Trinajstić information content (AvgIpc) is 3.40. The van der Waals surface area contributed by atoms with Gasteiger partial charge in [-0.25, -0.2) is 9.97 Å². The van der Waals surface area contributed by atoms with E-state index >= 15 is 0 Å². The van der Waals surface area contributed by atoms with E-state index in [0.717, 1.165) is 55.8 Å². The summed E-state index contributed by atoms with van der Waals surface area (Å²) in [5.41, 5.74) is 10.8. The van der Waals surface area contributed by atoms with Crippen molar-refractivity contribution in [2.24, 2.45) is 0 Å². The Balaban J connectivity index is 1.37. The van der Waals surface area contributed by atoms with Crippen molar-refractivity contribution in [2.45, 2.75) is 0 Å². The molecule has 46 heavy (non-hydrogen) atoms. The topological polar surface area (TPSA) is 35.1 Å². The van der Waals surface area contributed by atoms with Gasteiger partial charge < -0.3 is 8.97 Å². The summed E-state index contributed by atoms with van der Waals surface area (Å²) in [5.74, 6) is 0.717. The van der Waals surface area contributed by atoms with E-state index in [0.29, 0.717) is 0 Å². The Morgan fingerprint density at radius 3 is 1.93 bits per heavy atom. The van der Waals surface area contributed by atoms with Gasteiger partial charge in [-0.15, -0.1) is 0 Å². The molecular formula is C42H26N4. The zero-order valence-corrected chi connectivity index (χ0v) is 24.8. The maximum absolute atomic E-state index is 5.18. The molecule has 3 aromatic heterocycles. The predicted octanol–water partition coefficient (Wildman–Crippen LogP) is 10.6. The quantitative estimate of drug-likeness (QED) is 0.206. The maximum Gasteiger partial charge on any atom is 0.160 e. The highest BCUT2D eigenvalue weighted by atomic mass is 15.0. The summed E-state index contributed by atoms with van der Waals surface area (Å²) in [5, 5.41) is 6.01. The van der Waals surface area contributed by atoms with Crippen LogP contribution in [0.25, 0.3) is 88.4 Å². The molecule has 0 saturated carbocycles. The molecule has 3 heterocycles. The fraction of sp³-hybridized carbons (Fsp3) is 0. The zero-order chi connectivity index (χ0) is 30.2. The molecule has 0 atom stereocenters. The number of aromatic nitrogens is 4. The normalized spacial score (nSPS) is 11.9. The van der Waals surface area contributed by atoms with Crippen LogP contribution in [0.3, 0.4) is 0 Å². The third-order valence-electron chi connectivity index (χ3n) is 9.28. The molecule has 0 aliphatic rings. The summed E-state index contributed by atoms with van der Waals surface area (Å²) in [6.45, 7) is 0. The number of rotatable bonds is 3. The Morgan fingerprint density at radius 2 is 1.11 bits per heavy atom. The standard InChI is InChI=1S/C42H26N4/c1-3-12-28(13-4-1)40-33-25-23-30(26-34(33)43-42(44-40)29-14-5-2-6-15-29)45-36-19-9-10-20-37(36)46-35-18-8-7-17-31(35)32-24-22-27-16-11-21-38(45)39(27)41(32)46/h1-26H. The van der Waals surface area contributed by atoms with E-state index in [1.807, 2.05) is 24.3 Å². The third-order valence-corrected chi connectivity index (χ3v) is 9.28. The number of hydrogen-bond donors (Lipinski definition) is 0. The predicted molar refractivity (Wildman–Crippen MR) is 191 cm³/mol. The summed E-state index contributed by atoms with van der Waals surface area (Å²) in [6.07, 6.45) is 0. The van der Waals surface area contributed by atoms with Crippen molar-refractivity contribution in [1.82, 2.24) is 18.9 Å². The van der Waals surface area contributed by atoms with Crippen LogP contribution in [0.5, 0.6) is 0 Å². The molecule has 10 rings (SSSR count). The smallest absolute Gasteiger partial charge is 0.160 e. The second-order valence-corrected chi connectivity index (χ2v) is 11.8. The van der Waals surface area contributed by atoms with Crippen LogP contribution in [0.4, 0.5) is 0 Å². The molecule has 0 unspecified atom stereocenters. The molecule has 214 valence electrons. The lowest BCUT2D eigenvalue weighted by Crippen LogP contribution is -2.00. The van der Waals surface area contributed by atoms with Gasteiger partial charge in [0.25, 0.3) is 0 Å². The summed E-state index contributed by atoms with van der Waals surface area (Å²) in [6, 6.07) is 56.0. The lowest BCUT2D eigenvalue weighted by Gasteiger charge is -2.15. The van der Waals surface area contributed by atoms with E-state index in [2.05, 4.69) is 142 Å². The largest absolute Gasteiger partial charge is 0.308 e. The Morgan fingerprint density at radius 1 is 0.435 bits per heavy atom. The van der Waals surface area contributed by atoms with E-state index in [-0.39, 0.29) is 0 Å². The van der Waals surface area contributed by atoms with E-state index in [1.54, 1.807) is 0 Å². The van der Waals surface area contributed by atoms with Crippen LogP contribution in [-0.2, 0) is 0 Å². The monoisotopic (exact) mass is 586 g/mol. The van der Waals surface area contributed by atoms with E-state index in [1.165, 1.54) is 32.6 Å². The molecule has 0 N–H and O–H groups in total. The van der Waals surface area contributed by atoms with Gasteiger partial charge in [-0.1, -0.05) is 115 Å². The van der Waals surface area contributed by atoms with Crippen LogP contribution in [-0.4, -0.2) is 18.9 Å². The van der Waals surface area contributed by atoms with E-state index in [4.69, 9.17) is 9.97 Å². The number of para-hydroxylation sites is 3. The van der Waals surface area contributed by atoms with Crippen molar-refractivity contribution < 1.29 is 0 Å². The van der Waals surface area contributed by atoms with Gasteiger partial charge in [-0.05, 0) is 47.9 Å². The van der Waals surface area contributed by atoms with Crippen LogP contribution in [0.2, 0.25) is 0 Å². The van der Waals surface area contributed by atoms with Gasteiger partial charge in [0.2, 0.25) is 0 Å². The maximum atomic E-state index is 5.18. The van der Waals surface area contributed by atoms with Crippen LogP contribution >= 0.6 is 0 Å². The minimum atomic E-state index is 0.717. The molecule has 0 aliphatic heterocycles. The summed E-state index contributed by atoms with van der Waals surface area (Å²) in [7, 11) is 0. The first kappa shape index (κ1) is 25.1. The minimum Gasteiger partial charge on any atom is -0.308 e. The van der Waals surface area contributed by atoms with Gasteiger partial charge >= 0.3 is 0 Å². The van der Waals surface area contributed by atoms with Crippen LogP contribution in [0.1, 0.15) is 0 Å². The van der Waals surface area contributed by atoms with Gasteiger partial charge in [-0.3, -0.25) is 0 Å². The minimum absolute atomic E-state index is 0.717. The molecular weight excluding hydrogens is 560 g/mol. The Bertz CT molecular complexity index is 2780. The molecule has 0 saturated heterocycles. The summed E-state index contributed by atoms with van der Waals surface area (Å²) in [4.78, 5) is 10.3. The molecule has 4 heteroatoms. The Hall–Kier alpha value is -6.26. The van der Waals surface area contributed by atoms with Gasteiger partial charge in [0.05, 0.1) is 38.8 Å². The van der Waals surface area contributed by atoms with Crippen LogP contribution in [0.15, 0.2) is 158 Å². The van der Waals surface area contributed by atoms with Gasteiger partial charge in [0.1, 0.15) is 0 Å². The number of nitrogens with zero attached hydrogens (tertiary/aromatic N) is 4. The first-order valence-corrected chi connectivity index (χ1v) is 15.6. The highest BCUT2D eigenvalue weighted by Crippen LogP contribution is 2.40. The Labute approximate surface area is 264 Å². The molecule has 10 aromatic rings. The second kappa shape index (κ2) is 9.62. The van der Waals surface area contributed by atoms with E-state index in [9.17, 15) is 0 Å². The van der Waals surface area contributed by atoms with Crippen molar-refractivity contribution in [3.63, 3.8) is 0 Å².